The summed E-state index contributed by atoms with van der Waals surface area (Å²) in [6.45, 7) is 4.49. The first kappa shape index (κ1) is 32.2. The van der Waals surface area contributed by atoms with Gasteiger partial charge in [0.25, 0.3) is 0 Å². The molecule has 2 heteroatoms. The molecule has 1 atom stereocenters. The minimum atomic E-state index is -0.250. The number of para-hydroxylation sites is 1. The number of nitrogens with zero attached hydrogens (tertiary/aromatic N) is 1. The van der Waals surface area contributed by atoms with Gasteiger partial charge in [0.05, 0.1) is 11.0 Å². The van der Waals surface area contributed by atoms with Crippen molar-refractivity contribution < 1.29 is 4.39 Å². The zero-order chi connectivity index (χ0) is 35.7. The highest BCUT2D eigenvalue weighted by Crippen LogP contribution is 2.40. The molecule has 0 spiro atoms. The third-order valence-electron chi connectivity index (χ3n) is 10.4. The van der Waals surface area contributed by atoms with E-state index in [1.807, 2.05) is 18.2 Å². The predicted octanol–water partition coefficient (Wildman–Crippen LogP) is 13.8. The summed E-state index contributed by atoms with van der Waals surface area (Å²) >= 11 is 0. The highest BCUT2D eigenvalue weighted by atomic mass is 19.1. The number of allylic oxidation sites excluding steroid dienone is 1. The molecule has 1 unspecified atom stereocenters. The third-order valence-corrected chi connectivity index (χ3v) is 10.4. The lowest BCUT2D eigenvalue weighted by molar-refractivity contribution is 0.627. The van der Waals surface area contributed by atoms with Gasteiger partial charge in [-0.05, 0) is 110 Å². The average molecular weight is 682 g/mol. The Kier molecular flexibility index (Phi) is 8.34. The van der Waals surface area contributed by atoms with Crippen LogP contribution in [0.3, 0.4) is 0 Å². The van der Waals surface area contributed by atoms with E-state index in [2.05, 4.69) is 181 Å². The molecule has 252 valence electrons. The van der Waals surface area contributed by atoms with Gasteiger partial charge in [0.1, 0.15) is 5.82 Å². The summed E-state index contributed by atoms with van der Waals surface area (Å²) in [5, 5.41) is 2.45. The van der Waals surface area contributed by atoms with Gasteiger partial charge in [0, 0.05) is 22.4 Å². The van der Waals surface area contributed by atoms with Crippen LogP contribution in [0.4, 0.5) is 4.39 Å². The second-order valence-electron chi connectivity index (χ2n) is 13.6. The monoisotopic (exact) mass is 681 g/mol. The molecule has 9 rings (SSSR count). The van der Waals surface area contributed by atoms with Gasteiger partial charge in [-0.15, -0.1) is 0 Å². The number of rotatable bonds is 8. The maximum atomic E-state index is 13.8. The van der Waals surface area contributed by atoms with Crippen molar-refractivity contribution in [1.29, 1.82) is 0 Å². The van der Waals surface area contributed by atoms with E-state index < -0.39 is 0 Å². The lowest BCUT2D eigenvalue weighted by Crippen LogP contribution is -2.04. The number of halogens is 1. The topological polar surface area (TPSA) is 4.93 Å². The Balaban J connectivity index is 1.10. The highest BCUT2D eigenvalue weighted by Gasteiger charge is 2.20. The van der Waals surface area contributed by atoms with Crippen LogP contribution in [0.1, 0.15) is 22.6 Å². The first-order valence-electron chi connectivity index (χ1n) is 18.0. The van der Waals surface area contributed by atoms with Gasteiger partial charge < -0.3 is 4.57 Å². The summed E-state index contributed by atoms with van der Waals surface area (Å²) in [5.41, 5.74) is 14.7. The summed E-state index contributed by atoms with van der Waals surface area (Å²) in [4.78, 5) is 0. The molecule has 0 aliphatic heterocycles. The fraction of sp³-hybridized carbons (Fsp3) is 0.0196. The molecular weight excluding hydrogens is 646 g/mol. The van der Waals surface area contributed by atoms with E-state index >= 15 is 0 Å². The van der Waals surface area contributed by atoms with Crippen LogP contribution < -0.4 is 0 Å². The Labute approximate surface area is 309 Å². The standard InChI is InChI=1S/C51H36FN/c1-35(36-24-28-45(52)29-25-36)51(39-14-7-3-8-15-39)40-22-20-38(21-23-40)41-16-11-17-42(32-41)44-27-31-50-48(34-44)47-33-43(37-12-5-2-6-13-37)26-30-49(47)53(50)46-18-9-4-10-19-46/h2-34,51H,1H2. The smallest absolute Gasteiger partial charge is 0.123 e. The SMILES string of the molecule is C=C(c1ccc(F)cc1)C(c1ccccc1)c1ccc(-c2cccc(-c3ccc4c(c3)c3cc(-c5ccccc5)ccc3n4-c3ccccc3)c2)cc1. The molecule has 0 saturated carbocycles. The van der Waals surface area contributed by atoms with Crippen LogP contribution in [-0.4, -0.2) is 4.57 Å². The van der Waals surface area contributed by atoms with Crippen molar-refractivity contribution >= 4 is 27.4 Å². The van der Waals surface area contributed by atoms with Gasteiger partial charge in [0.15, 0.2) is 0 Å². The Hall–Kier alpha value is -6.77. The van der Waals surface area contributed by atoms with Crippen molar-refractivity contribution in [3.8, 4) is 39.1 Å². The van der Waals surface area contributed by atoms with E-state index in [4.69, 9.17) is 0 Å². The maximum Gasteiger partial charge on any atom is 0.123 e. The maximum absolute atomic E-state index is 13.8. The first-order chi connectivity index (χ1) is 26.1. The molecule has 0 saturated heterocycles. The second kappa shape index (κ2) is 13.7. The number of benzene rings is 8. The van der Waals surface area contributed by atoms with Crippen molar-refractivity contribution in [3.05, 3.63) is 229 Å². The first-order valence-corrected chi connectivity index (χ1v) is 18.0. The number of hydrogen-bond acceptors (Lipinski definition) is 0. The number of hydrogen-bond donors (Lipinski definition) is 0. The molecule has 0 fully saturated rings. The number of aromatic nitrogens is 1. The highest BCUT2D eigenvalue weighted by molar-refractivity contribution is 6.11. The lowest BCUT2D eigenvalue weighted by Gasteiger charge is -2.22. The van der Waals surface area contributed by atoms with Crippen molar-refractivity contribution in [2.75, 3.05) is 0 Å². The largest absolute Gasteiger partial charge is 0.309 e. The summed E-state index contributed by atoms with van der Waals surface area (Å²) < 4.78 is 16.1. The van der Waals surface area contributed by atoms with Crippen molar-refractivity contribution in [2.45, 2.75) is 5.92 Å². The molecule has 9 aromatic rings. The van der Waals surface area contributed by atoms with E-state index in [1.54, 1.807) is 0 Å². The molecule has 0 bridgehead atoms. The van der Waals surface area contributed by atoms with Crippen LogP contribution in [-0.2, 0) is 0 Å². The van der Waals surface area contributed by atoms with Crippen LogP contribution in [0.5, 0.6) is 0 Å². The molecule has 0 radical (unpaired) electrons. The molecule has 1 nitrogen and oxygen atoms in total. The minimum Gasteiger partial charge on any atom is -0.309 e. The van der Waals surface area contributed by atoms with E-state index in [0.717, 1.165) is 39.1 Å². The van der Waals surface area contributed by atoms with E-state index in [1.165, 1.54) is 56.2 Å². The van der Waals surface area contributed by atoms with Crippen molar-refractivity contribution in [1.82, 2.24) is 4.57 Å². The van der Waals surface area contributed by atoms with E-state index in [-0.39, 0.29) is 11.7 Å². The van der Waals surface area contributed by atoms with Crippen molar-refractivity contribution in [3.63, 3.8) is 0 Å². The quantitative estimate of drug-likeness (QED) is 0.150. The molecule has 8 aromatic carbocycles. The molecular formula is C51H36FN. The van der Waals surface area contributed by atoms with Gasteiger partial charge in [-0.1, -0.05) is 152 Å². The van der Waals surface area contributed by atoms with Gasteiger partial charge in [-0.2, -0.15) is 0 Å². The molecule has 1 aromatic heterocycles. The fourth-order valence-electron chi connectivity index (χ4n) is 7.69. The van der Waals surface area contributed by atoms with E-state index in [9.17, 15) is 4.39 Å². The summed E-state index contributed by atoms with van der Waals surface area (Å²) in [6, 6.07) is 69.5. The molecule has 53 heavy (non-hydrogen) atoms. The second-order valence-corrected chi connectivity index (χ2v) is 13.6. The van der Waals surface area contributed by atoms with Crippen LogP contribution >= 0.6 is 0 Å². The molecule has 0 aliphatic carbocycles. The predicted molar refractivity (Wildman–Crippen MR) is 221 cm³/mol. The van der Waals surface area contributed by atoms with Crippen LogP contribution in [0.15, 0.2) is 207 Å². The van der Waals surface area contributed by atoms with Crippen LogP contribution in [0.2, 0.25) is 0 Å². The van der Waals surface area contributed by atoms with Crippen molar-refractivity contribution in [2.24, 2.45) is 0 Å². The Morgan fingerprint density at radius 3 is 1.49 bits per heavy atom. The summed E-state index contributed by atoms with van der Waals surface area (Å²) in [6.07, 6.45) is 0. The van der Waals surface area contributed by atoms with Gasteiger partial charge >= 0.3 is 0 Å². The van der Waals surface area contributed by atoms with Gasteiger partial charge in [-0.3, -0.25) is 0 Å². The fourth-order valence-corrected chi connectivity index (χ4v) is 7.69. The normalized spacial score (nSPS) is 11.9. The van der Waals surface area contributed by atoms with Gasteiger partial charge in [-0.25, -0.2) is 4.39 Å². The molecule has 0 N–H and O–H groups in total. The lowest BCUT2D eigenvalue weighted by atomic mass is 9.82. The Morgan fingerprint density at radius 2 is 0.868 bits per heavy atom. The van der Waals surface area contributed by atoms with Crippen LogP contribution in [0, 0.1) is 5.82 Å². The summed E-state index contributed by atoms with van der Waals surface area (Å²) in [5.74, 6) is -0.311. The van der Waals surface area contributed by atoms with E-state index in [0.29, 0.717) is 0 Å². The Morgan fingerprint density at radius 1 is 0.415 bits per heavy atom. The number of fused-ring (bicyclic) bond motifs is 3. The molecule has 1 heterocycles. The zero-order valence-corrected chi connectivity index (χ0v) is 29.2. The van der Waals surface area contributed by atoms with Crippen LogP contribution in [0.25, 0.3) is 66.4 Å². The average Bonchev–Trinajstić information content (AvgIpc) is 3.55. The Bertz CT molecular complexity index is 2710. The minimum absolute atomic E-state index is 0.0609. The summed E-state index contributed by atoms with van der Waals surface area (Å²) in [7, 11) is 0. The molecule has 0 aliphatic rings. The zero-order valence-electron chi connectivity index (χ0n) is 29.2. The molecule has 0 amide bonds. The third kappa shape index (κ3) is 6.15. The van der Waals surface area contributed by atoms with Gasteiger partial charge in [0.2, 0.25) is 0 Å².